The van der Waals surface area contributed by atoms with Gasteiger partial charge >= 0.3 is 0 Å². The minimum Gasteiger partial charge on any atom is -0.369 e. The van der Waals surface area contributed by atoms with Gasteiger partial charge in [-0.2, -0.15) is 0 Å². The summed E-state index contributed by atoms with van der Waals surface area (Å²) >= 11 is 0. The molecule has 7 aromatic carbocycles. The Morgan fingerprint density at radius 3 is 1.09 bits per heavy atom. The van der Waals surface area contributed by atoms with Gasteiger partial charge in [-0.15, -0.1) is 0 Å². The van der Waals surface area contributed by atoms with E-state index in [0.717, 1.165) is 77.2 Å². The molecule has 2 aliphatic carbocycles. The van der Waals surface area contributed by atoms with E-state index in [4.69, 9.17) is 0 Å². The molecule has 0 unspecified atom stereocenters. The predicted molar refractivity (Wildman–Crippen MR) is 185 cm³/mol. The van der Waals surface area contributed by atoms with Crippen molar-refractivity contribution < 1.29 is 10.2 Å². The van der Waals surface area contributed by atoms with E-state index < -0.39 is 11.2 Å². The maximum absolute atomic E-state index is 12.1. The SMILES string of the molecule is OC1(C#Cc2cccc3cc4cccc(C#CC5(O)c6ccccc6-c6ccccc65)c4cc23)c2ccccc2-c2ccccc21. The minimum absolute atomic E-state index is 0.805. The average molecular weight is 587 g/mol. The molecule has 2 heteroatoms. The molecule has 2 nitrogen and oxygen atoms in total. The molecule has 0 bridgehead atoms. The van der Waals surface area contributed by atoms with Gasteiger partial charge in [0.2, 0.25) is 0 Å². The van der Waals surface area contributed by atoms with E-state index in [0.29, 0.717) is 0 Å². The minimum atomic E-state index is -1.41. The maximum atomic E-state index is 12.1. The van der Waals surface area contributed by atoms with Crippen LogP contribution in [0.5, 0.6) is 0 Å². The van der Waals surface area contributed by atoms with Gasteiger partial charge in [-0.1, -0.05) is 145 Å². The molecule has 7 aromatic rings. The van der Waals surface area contributed by atoms with E-state index in [1.807, 2.05) is 121 Å². The number of benzene rings is 7. The first-order chi connectivity index (χ1) is 22.5. The first kappa shape index (κ1) is 26.5. The molecule has 0 aromatic heterocycles. The third-order valence-corrected chi connectivity index (χ3v) is 9.48. The van der Waals surface area contributed by atoms with E-state index in [9.17, 15) is 10.2 Å². The molecule has 46 heavy (non-hydrogen) atoms. The molecule has 2 aliphatic rings. The number of fused-ring (bicyclic) bond motifs is 8. The summed E-state index contributed by atoms with van der Waals surface area (Å²) in [6.07, 6.45) is 0. The fourth-order valence-corrected chi connectivity index (χ4v) is 7.28. The Bertz CT molecular complexity index is 2270. The van der Waals surface area contributed by atoms with Gasteiger partial charge in [0.05, 0.1) is 0 Å². The van der Waals surface area contributed by atoms with Crippen molar-refractivity contribution in [1.29, 1.82) is 0 Å². The highest BCUT2D eigenvalue weighted by atomic mass is 16.3. The lowest BCUT2D eigenvalue weighted by Crippen LogP contribution is -2.22. The van der Waals surface area contributed by atoms with Crippen molar-refractivity contribution in [1.82, 2.24) is 0 Å². The summed E-state index contributed by atoms with van der Waals surface area (Å²) < 4.78 is 0. The van der Waals surface area contributed by atoms with Crippen LogP contribution in [-0.2, 0) is 11.2 Å². The van der Waals surface area contributed by atoms with Crippen molar-refractivity contribution in [2.75, 3.05) is 0 Å². The standard InChI is InChI=1S/C44H26O2/c45-43(39-19-5-1-15-33(39)34-16-2-6-20-40(34)43)25-23-29-11-9-13-31-27-32-14-10-12-30(38(32)28-37(29)31)24-26-44(46)41-21-7-3-17-35(41)36-18-4-8-22-42(36)44/h1-22,27-28,45-46H. The number of hydrogen-bond donors (Lipinski definition) is 2. The number of rotatable bonds is 0. The van der Waals surface area contributed by atoms with Crippen LogP contribution < -0.4 is 0 Å². The molecule has 0 aliphatic heterocycles. The fraction of sp³-hybridized carbons (Fsp3) is 0.0455. The number of hydrogen-bond acceptors (Lipinski definition) is 2. The molecule has 0 atom stereocenters. The van der Waals surface area contributed by atoms with Crippen LogP contribution in [0.25, 0.3) is 43.8 Å². The summed E-state index contributed by atoms with van der Waals surface area (Å²) in [5, 5.41) is 28.2. The van der Waals surface area contributed by atoms with Gasteiger partial charge in [-0.25, -0.2) is 0 Å². The largest absolute Gasteiger partial charge is 0.369 e. The van der Waals surface area contributed by atoms with E-state index in [-0.39, 0.29) is 0 Å². The van der Waals surface area contributed by atoms with Gasteiger partial charge in [-0.3, -0.25) is 0 Å². The van der Waals surface area contributed by atoms with E-state index >= 15 is 0 Å². The van der Waals surface area contributed by atoms with Crippen LogP contribution in [0.4, 0.5) is 0 Å². The van der Waals surface area contributed by atoms with Gasteiger partial charge in [0.1, 0.15) is 0 Å². The molecular formula is C44H26O2. The van der Waals surface area contributed by atoms with E-state index in [1.165, 1.54) is 0 Å². The molecular weight excluding hydrogens is 560 g/mol. The van der Waals surface area contributed by atoms with Gasteiger partial charge < -0.3 is 10.2 Å². The second-order valence-corrected chi connectivity index (χ2v) is 12.0. The Kier molecular flexibility index (Phi) is 5.65. The highest BCUT2D eigenvalue weighted by Gasteiger charge is 2.41. The molecule has 0 amide bonds. The molecule has 214 valence electrons. The van der Waals surface area contributed by atoms with Gasteiger partial charge in [0.25, 0.3) is 0 Å². The van der Waals surface area contributed by atoms with Gasteiger partial charge in [0, 0.05) is 33.4 Å². The van der Waals surface area contributed by atoms with Gasteiger partial charge in [-0.05, 0) is 68.1 Å². The maximum Gasteiger partial charge on any atom is 0.178 e. The monoisotopic (exact) mass is 586 g/mol. The molecule has 0 radical (unpaired) electrons. The van der Waals surface area contributed by atoms with Gasteiger partial charge in [0.15, 0.2) is 11.2 Å². The quantitative estimate of drug-likeness (QED) is 0.138. The zero-order chi connectivity index (χ0) is 30.9. The Hall–Kier alpha value is -5.90. The normalized spacial score (nSPS) is 14.3. The summed E-state index contributed by atoms with van der Waals surface area (Å²) in [6, 6.07) is 48.3. The van der Waals surface area contributed by atoms with Crippen LogP contribution in [-0.4, -0.2) is 10.2 Å². The smallest absolute Gasteiger partial charge is 0.178 e. The van der Waals surface area contributed by atoms with Crippen molar-refractivity contribution in [2.45, 2.75) is 11.2 Å². The topological polar surface area (TPSA) is 40.5 Å². The molecule has 0 fully saturated rings. The third-order valence-electron chi connectivity index (χ3n) is 9.48. The fourth-order valence-electron chi connectivity index (χ4n) is 7.28. The van der Waals surface area contributed by atoms with E-state index in [1.54, 1.807) is 0 Å². The van der Waals surface area contributed by atoms with Crippen LogP contribution in [0, 0.1) is 23.7 Å². The zero-order valence-corrected chi connectivity index (χ0v) is 24.8. The first-order valence-electron chi connectivity index (χ1n) is 15.4. The highest BCUT2D eigenvalue weighted by molar-refractivity contribution is 6.03. The highest BCUT2D eigenvalue weighted by Crippen LogP contribution is 2.48. The molecule has 2 N–H and O–H groups in total. The van der Waals surface area contributed by atoms with Crippen LogP contribution in [0.3, 0.4) is 0 Å². The van der Waals surface area contributed by atoms with E-state index in [2.05, 4.69) is 47.9 Å². The third kappa shape index (κ3) is 3.76. The average Bonchev–Trinajstić information content (AvgIpc) is 3.52. The Balaban J connectivity index is 1.19. The predicted octanol–water partition coefficient (Wildman–Crippen LogP) is 8.53. The van der Waals surface area contributed by atoms with Crippen LogP contribution in [0.15, 0.2) is 146 Å². The van der Waals surface area contributed by atoms with Crippen molar-refractivity contribution in [2.24, 2.45) is 0 Å². The molecule has 0 saturated carbocycles. The Labute approximate surface area is 267 Å². The Morgan fingerprint density at radius 1 is 0.370 bits per heavy atom. The summed E-state index contributed by atoms with van der Waals surface area (Å²) in [5.41, 5.74) is 6.10. The summed E-state index contributed by atoms with van der Waals surface area (Å²) in [6.45, 7) is 0. The zero-order valence-electron chi connectivity index (χ0n) is 24.8. The van der Waals surface area contributed by atoms with Crippen molar-refractivity contribution >= 4 is 21.5 Å². The van der Waals surface area contributed by atoms with Crippen molar-refractivity contribution in [3.8, 4) is 45.9 Å². The lowest BCUT2D eigenvalue weighted by molar-refractivity contribution is 0.150. The second kappa shape index (κ2) is 9.80. The van der Waals surface area contributed by atoms with Crippen LogP contribution in [0.1, 0.15) is 33.4 Å². The molecule has 9 rings (SSSR count). The van der Waals surface area contributed by atoms with Crippen molar-refractivity contribution in [3.05, 3.63) is 179 Å². The summed E-state index contributed by atoms with van der Waals surface area (Å²) in [5.74, 6) is 13.3. The summed E-state index contributed by atoms with van der Waals surface area (Å²) in [7, 11) is 0. The van der Waals surface area contributed by atoms with Crippen molar-refractivity contribution in [3.63, 3.8) is 0 Å². The van der Waals surface area contributed by atoms with Crippen LogP contribution >= 0.6 is 0 Å². The Morgan fingerprint density at radius 2 is 0.717 bits per heavy atom. The molecule has 0 spiro atoms. The second-order valence-electron chi connectivity index (χ2n) is 12.0. The molecule has 0 saturated heterocycles. The number of aliphatic hydroxyl groups is 2. The lowest BCUT2D eigenvalue weighted by Gasteiger charge is -2.19. The summed E-state index contributed by atoms with van der Waals surface area (Å²) in [4.78, 5) is 0. The molecule has 0 heterocycles. The first-order valence-corrected chi connectivity index (χ1v) is 15.4. The van der Waals surface area contributed by atoms with Crippen LogP contribution in [0.2, 0.25) is 0 Å². The lowest BCUT2D eigenvalue weighted by atomic mass is 9.90.